The van der Waals surface area contributed by atoms with Gasteiger partial charge in [-0.15, -0.1) is 0 Å². The van der Waals surface area contributed by atoms with Crippen molar-refractivity contribution < 1.29 is 4.39 Å². The molecule has 0 bridgehead atoms. The average molecular weight is 218 g/mol. The molecule has 0 spiro atoms. The summed E-state index contributed by atoms with van der Waals surface area (Å²) in [7, 11) is 2.04. The zero-order valence-electron chi connectivity index (χ0n) is 9.60. The van der Waals surface area contributed by atoms with Crippen molar-refractivity contribution in [1.29, 1.82) is 0 Å². The van der Waals surface area contributed by atoms with Crippen LogP contribution in [0.1, 0.15) is 16.8 Å². The zero-order chi connectivity index (χ0) is 11.3. The molecule has 0 saturated heterocycles. The highest BCUT2D eigenvalue weighted by molar-refractivity contribution is 5.88. The van der Waals surface area contributed by atoms with Crippen molar-refractivity contribution >= 4 is 10.9 Å². The zero-order valence-corrected chi connectivity index (χ0v) is 9.60. The van der Waals surface area contributed by atoms with Crippen LogP contribution >= 0.6 is 0 Å². The average Bonchev–Trinajstić information content (AvgIpc) is 2.60. The monoisotopic (exact) mass is 218 g/mol. The van der Waals surface area contributed by atoms with Gasteiger partial charge in [0.25, 0.3) is 0 Å². The van der Waals surface area contributed by atoms with E-state index >= 15 is 0 Å². The number of aryl methyl sites for hydroxylation is 2. The van der Waals surface area contributed by atoms with E-state index in [-0.39, 0.29) is 5.82 Å². The van der Waals surface area contributed by atoms with E-state index in [1.165, 1.54) is 5.69 Å². The molecule has 0 aliphatic carbocycles. The third-order valence-electron chi connectivity index (χ3n) is 3.56. The summed E-state index contributed by atoms with van der Waals surface area (Å²) in [4.78, 5) is 0. The maximum Gasteiger partial charge on any atom is 0.132 e. The van der Waals surface area contributed by atoms with E-state index in [1.54, 1.807) is 6.07 Å². The lowest BCUT2D eigenvalue weighted by molar-refractivity contribution is 0.615. The van der Waals surface area contributed by atoms with Crippen LogP contribution in [0, 0.1) is 12.7 Å². The number of hydrogen-bond acceptors (Lipinski definition) is 1. The van der Waals surface area contributed by atoms with Gasteiger partial charge in [-0.05, 0) is 24.1 Å². The Hall–Kier alpha value is -1.35. The maximum atomic E-state index is 13.9. The number of rotatable bonds is 0. The Morgan fingerprint density at radius 2 is 2.19 bits per heavy atom. The van der Waals surface area contributed by atoms with Gasteiger partial charge < -0.3 is 9.88 Å². The predicted octanol–water partition coefficient (Wildman–Crippen LogP) is 2.27. The van der Waals surface area contributed by atoms with Crippen LogP contribution in [0.25, 0.3) is 10.9 Å². The third kappa shape index (κ3) is 1.15. The van der Waals surface area contributed by atoms with Crippen LogP contribution in [0.2, 0.25) is 0 Å². The highest BCUT2D eigenvalue weighted by Gasteiger charge is 2.21. The number of halogens is 1. The Kier molecular flexibility index (Phi) is 2.04. The Bertz CT molecular complexity index is 569. The van der Waals surface area contributed by atoms with E-state index < -0.39 is 0 Å². The number of hydrogen-bond donors (Lipinski definition) is 1. The minimum Gasteiger partial charge on any atom is -0.347 e. The molecule has 0 unspecified atom stereocenters. The molecule has 3 heteroatoms. The number of benzene rings is 1. The highest BCUT2D eigenvalue weighted by Crippen LogP contribution is 2.31. The molecule has 2 aromatic rings. The maximum absolute atomic E-state index is 13.9. The molecule has 1 aromatic heterocycles. The van der Waals surface area contributed by atoms with Gasteiger partial charge in [-0.2, -0.15) is 0 Å². The first-order valence-electron chi connectivity index (χ1n) is 5.66. The first-order valence-corrected chi connectivity index (χ1v) is 5.66. The van der Waals surface area contributed by atoms with Crippen LogP contribution in [0.15, 0.2) is 12.1 Å². The van der Waals surface area contributed by atoms with Crippen molar-refractivity contribution in [1.82, 2.24) is 9.88 Å². The fourth-order valence-electron chi connectivity index (χ4n) is 2.80. The molecule has 2 nitrogen and oxygen atoms in total. The van der Waals surface area contributed by atoms with Crippen molar-refractivity contribution in [2.24, 2.45) is 7.05 Å². The number of fused-ring (bicyclic) bond motifs is 3. The van der Waals surface area contributed by atoms with Crippen LogP contribution in [-0.2, 0) is 20.0 Å². The highest BCUT2D eigenvalue weighted by atomic mass is 19.1. The van der Waals surface area contributed by atoms with Crippen LogP contribution in [0.3, 0.4) is 0 Å². The van der Waals surface area contributed by atoms with Crippen molar-refractivity contribution in [3.8, 4) is 0 Å². The Morgan fingerprint density at radius 3 is 3.00 bits per heavy atom. The Morgan fingerprint density at radius 1 is 1.38 bits per heavy atom. The molecule has 0 atom stereocenters. The van der Waals surface area contributed by atoms with E-state index in [0.717, 1.165) is 41.5 Å². The first-order chi connectivity index (χ1) is 7.70. The van der Waals surface area contributed by atoms with E-state index in [9.17, 15) is 4.39 Å². The summed E-state index contributed by atoms with van der Waals surface area (Å²) in [6.07, 6.45) is 0.986. The molecular weight excluding hydrogens is 203 g/mol. The second-order valence-corrected chi connectivity index (χ2v) is 4.50. The van der Waals surface area contributed by atoms with Crippen LogP contribution in [0.4, 0.5) is 4.39 Å². The van der Waals surface area contributed by atoms with E-state index in [0.29, 0.717) is 0 Å². The topological polar surface area (TPSA) is 17.0 Å². The number of nitrogens with one attached hydrogen (secondary N) is 1. The lowest BCUT2D eigenvalue weighted by Gasteiger charge is -2.14. The molecule has 0 radical (unpaired) electrons. The number of nitrogens with zero attached hydrogens (tertiary/aromatic N) is 1. The summed E-state index contributed by atoms with van der Waals surface area (Å²) in [5.74, 6) is -0.0962. The lowest BCUT2D eigenvalue weighted by atomic mass is 10.0. The molecule has 1 N–H and O–H groups in total. The molecule has 0 amide bonds. The van der Waals surface area contributed by atoms with E-state index in [1.807, 2.05) is 20.0 Å². The molecule has 0 saturated carbocycles. The Labute approximate surface area is 94.1 Å². The molecular formula is C13H15FN2. The summed E-state index contributed by atoms with van der Waals surface area (Å²) in [6, 6.07) is 3.43. The summed E-state index contributed by atoms with van der Waals surface area (Å²) < 4.78 is 16.1. The number of aromatic nitrogens is 1. The van der Waals surface area contributed by atoms with Crippen molar-refractivity contribution in [2.75, 3.05) is 6.54 Å². The molecule has 1 aliphatic heterocycles. The van der Waals surface area contributed by atoms with E-state index in [4.69, 9.17) is 0 Å². The molecule has 3 rings (SSSR count). The second-order valence-electron chi connectivity index (χ2n) is 4.50. The summed E-state index contributed by atoms with van der Waals surface area (Å²) in [5.41, 5.74) is 4.62. The normalized spacial score (nSPS) is 15.4. The molecule has 1 aromatic carbocycles. The van der Waals surface area contributed by atoms with Crippen LogP contribution < -0.4 is 5.32 Å². The molecule has 84 valence electrons. The fraction of sp³-hybridized carbons (Fsp3) is 0.385. The molecule has 1 aliphatic rings. The van der Waals surface area contributed by atoms with Gasteiger partial charge in [0.1, 0.15) is 5.82 Å². The molecule has 0 fully saturated rings. The SMILES string of the molecule is Cc1ccc(F)c2c3c(n(C)c12)CCNC3. The van der Waals surface area contributed by atoms with Gasteiger partial charge in [-0.3, -0.25) is 0 Å². The van der Waals surface area contributed by atoms with Gasteiger partial charge in [0.15, 0.2) is 0 Å². The van der Waals surface area contributed by atoms with Crippen molar-refractivity contribution in [3.05, 3.63) is 34.8 Å². The van der Waals surface area contributed by atoms with Crippen molar-refractivity contribution in [2.45, 2.75) is 19.9 Å². The minimum absolute atomic E-state index is 0.0962. The third-order valence-corrected chi connectivity index (χ3v) is 3.56. The largest absolute Gasteiger partial charge is 0.347 e. The predicted molar refractivity (Wildman–Crippen MR) is 63.0 cm³/mol. The van der Waals surface area contributed by atoms with Gasteiger partial charge >= 0.3 is 0 Å². The van der Waals surface area contributed by atoms with Gasteiger partial charge in [-0.1, -0.05) is 6.07 Å². The standard InChI is InChI=1S/C13H15FN2/c1-8-3-4-10(14)12-9-7-15-6-5-11(9)16(2)13(8)12/h3-4,15H,5-7H2,1-2H3. The van der Waals surface area contributed by atoms with Gasteiger partial charge in [0, 0.05) is 37.6 Å². The molecule has 16 heavy (non-hydrogen) atoms. The van der Waals surface area contributed by atoms with E-state index in [2.05, 4.69) is 9.88 Å². The lowest BCUT2D eigenvalue weighted by Crippen LogP contribution is -2.24. The summed E-state index contributed by atoms with van der Waals surface area (Å²) >= 11 is 0. The van der Waals surface area contributed by atoms with Crippen LogP contribution in [-0.4, -0.2) is 11.1 Å². The fourth-order valence-corrected chi connectivity index (χ4v) is 2.80. The molecule has 2 heterocycles. The van der Waals surface area contributed by atoms with Gasteiger partial charge in [0.2, 0.25) is 0 Å². The second kappa shape index (κ2) is 3.32. The van der Waals surface area contributed by atoms with Crippen LogP contribution in [0.5, 0.6) is 0 Å². The Balaban J connectivity index is 2.48. The summed E-state index contributed by atoms with van der Waals surface area (Å²) in [5, 5.41) is 4.12. The van der Waals surface area contributed by atoms with Gasteiger partial charge in [0.05, 0.1) is 5.52 Å². The quantitative estimate of drug-likeness (QED) is 0.717. The van der Waals surface area contributed by atoms with Gasteiger partial charge in [-0.25, -0.2) is 4.39 Å². The first kappa shape index (κ1) is 9.85. The smallest absolute Gasteiger partial charge is 0.132 e. The summed E-state index contributed by atoms with van der Waals surface area (Å²) in [6.45, 7) is 3.81. The minimum atomic E-state index is -0.0962. The van der Waals surface area contributed by atoms with Crippen molar-refractivity contribution in [3.63, 3.8) is 0 Å².